The van der Waals surface area contributed by atoms with Crippen molar-refractivity contribution in [3.05, 3.63) is 65.5 Å². The first-order valence-electron chi connectivity index (χ1n) is 8.75. The number of nitrogens with zero attached hydrogens (tertiary/aromatic N) is 5. The maximum absolute atomic E-state index is 12.9. The molecule has 7 nitrogen and oxygen atoms in total. The number of aryl methyl sites for hydroxylation is 1. The molecule has 0 radical (unpaired) electrons. The van der Waals surface area contributed by atoms with Crippen molar-refractivity contribution in [2.45, 2.75) is 13.5 Å². The van der Waals surface area contributed by atoms with Crippen LogP contribution in [0.3, 0.4) is 0 Å². The van der Waals surface area contributed by atoms with E-state index in [9.17, 15) is 4.79 Å². The first-order valence-corrected chi connectivity index (χ1v) is 8.75. The Hall–Kier alpha value is -3.61. The summed E-state index contributed by atoms with van der Waals surface area (Å²) in [4.78, 5) is 30.5. The predicted molar refractivity (Wildman–Crippen MR) is 102 cm³/mol. The number of carbonyl (C=O) groups is 1. The molecule has 27 heavy (non-hydrogen) atoms. The molecule has 0 bridgehead atoms. The number of rotatable bonds is 1. The molecule has 1 aliphatic rings. The van der Waals surface area contributed by atoms with Gasteiger partial charge in [0.15, 0.2) is 5.65 Å². The van der Waals surface area contributed by atoms with E-state index < -0.39 is 0 Å². The molecule has 4 aromatic rings. The van der Waals surface area contributed by atoms with E-state index in [2.05, 4.69) is 25.3 Å². The van der Waals surface area contributed by atoms with Crippen molar-refractivity contribution in [3.63, 3.8) is 0 Å². The molecule has 4 heterocycles. The van der Waals surface area contributed by atoms with Gasteiger partial charge >= 0.3 is 0 Å². The number of carbonyl (C=O) groups excluding carboxylic acids is 1. The SMILES string of the molecule is Cc1nc2ncccc2cc1C(=O)N=c1nc2ccccc2c2n1CCN2. The molecule has 0 unspecified atom stereocenters. The van der Waals surface area contributed by atoms with Crippen LogP contribution in [0, 0.1) is 6.92 Å². The molecule has 5 rings (SSSR count). The summed E-state index contributed by atoms with van der Waals surface area (Å²) in [5.74, 6) is 0.597. The molecule has 3 aromatic heterocycles. The fourth-order valence-electron chi connectivity index (χ4n) is 3.42. The van der Waals surface area contributed by atoms with Crippen LogP contribution in [0.5, 0.6) is 0 Å². The Morgan fingerprint density at radius 3 is 3.00 bits per heavy atom. The average Bonchev–Trinajstić information content (AvgIpc) is 3.18. The molecule has 0 saturated heterocycles. The van der Waals surface area contributed by atoms with E-state index >= 15 is 0 Å². The second kappa shape index (κ2) is 5.98. The molecular weight excluding hydrogens is 340 g/mol. The molecule has 0 atom stereocenters. The summed E-state index contributed by atoms with van der Waals surface area (Å²) in [6, 6.07) is 13.3. The van der Waals surface area contributed by atoms with Crippen molar-refractivity contribution in [1.29, 1.82) is 0 Å². The van der Waals surface area contributed by atoms with E-state index in [-0.39, 0.29) is 5.91 Å². The van der Waals surface area contributed by atoms with Gasteiger partial charge in [-0.15, -0.1) is 0 Å². The Morgan fingerprint density at radius 2 is 2.07 bits per heavy atom. The summed E-state index contributed by atoms with van der Waals surface area (Å²) in [5, 5.41) is 5.20. The van der Waals surface area contributed by atoms with Crippen molar-refractivity contribution in [2.75, 3.05) is 11.9 Å². The van der Waals surface area contributed by atoms with Crippen molar-refractivity contribution in [2.24, 2.45) is 4.99 Å². The number of pyridine rings is 2. The molecule has 1 amide bonds. The van der Waals surface area contributed by atoms with E-state index in [0.29, 0.717) is 22.5 Å². The Morgan fingerprint density at radius 1 is 1.19 bits per heavy atom. The normalized spacial score (nSPS) is 13.7. The molecule has 0 aliphatic carbocycles. The van der Waals surface area contributed by atoms with Crippen LogP contribution in [0.1, 0.15) is 16.1 Å². The summed E-state index contributed by atoms with van der Waals surface area (Å²) in [6.07, 6.45) is 1.69. The van der Waals surface area contributed by atoms with Gasteiger partial charge in [-0.1, -0.05) is 12.1 Å². The van der Waals surface area contributed by atoms with Gasteiger partial charge in [0.25, 0.3) is 5.91 Å². The Balaban J connectivity index is 1.69. The highest BCUT2D eigenvalue weighted by Crippen LogP contribution is 2.22. The average molecular weight is 356 g/mol. The highest BCUT2D eigenvalue weighted by Gasteiger charge is 2.17. The Labute approximate surface area is 154 Å². The van der Waals surface area contributed by atoms with Crippen LogP contribution in [-0.4, -0.2) is 32.0 Å². The quantitative estimate of drug-likeness (QED) is 0.566. The minimum atomic E-state index is -0.352. The van der Waals surface area contributed by atoms with Crippen LogP contribution in [-0.2, 0) is 6.54 Å². The first-order chi connectivity index (χ1) is 13.2. The van der Waals surface area contributed by atoms with Crippen LogP contribution in [0.15, 0.2) is 53.7 Å². The first kappa shape index (κ1) is 15.6. The number of anilines is 1. The molecular formula is C20H16N6O. The zero-order chi connectivity index (χ0) is 18.4. The summed E-state index contributed by atoms with van der Waals surface area (Å²) in [6.45, 7) is 3.30. The molecule has 0 fully saturated rings. The van der Waals surface area contributed by atoms with Crippen LogP contribution in [0.4, 0.5) is 5.82 Å². The summed E-state index contributed by atoms with van der Waals surface area (Å²) in [5.41, 5.74) is 2.91. The van der Waals surface area contributed by atoms with Crippen molar-refractivity contribution in [1.82, 2.24) is 19.5 Å². The van der Waals surface area contributed by atoms with E-state index in [0.717, 1.165) is 35.2 Å². The van der Waals surface area contributed by atoms with Gasteiger partial charge in [-0.3, -0.25) is 9.36 Å². The van der Waals surface area contributed by atoms with Crippen LogP contribution >= 0.6 is 0 Å². The van der Waals surface area contributed by atoms with E-state index in [1.54, 1.807) is 19.2 Å². The van der Waals surface area contributed by atoms with Crippen LogP contribution in [0.25, 0.3) is 21.9 Å². The topological polar surface area (TPSA) is 85.1 Å². The van der Waals surface area contributed by atoms with E-state index in [1.807, 2.05) is 41.0 Å². The summed E-state index contributed by atoms with van der Waals surface area (Å²) >= 11 is 0. The number of benzene rings is 1. The number of aromatic nitrogens is 4. The predicted octanol–water partition coefficient (Wildman–Crippen LogP) is 2.45. The number of hydrogen-bond acceptors (Lipinski definition) is 5. The lowest BCUT2D eigenvalue weighted by molar-refractivity contribution is 0.0995. The lowest BCUT2D eigenvalue weighted by Crippen LogP contribution is -2.25. The number of hydrogen-bond donors (Lipinski definition) is 1. The van der Waals surface area contributed by atoms with E-state index in [1.165, 1.54) is 0 Å². The molecule has 0 spiro atoms. The van der Waals surface area contributed by atoms with Gasteiger partial charge < -0.3 is 5.32 Å². The minimum absolute atomic E-state index is 0.352. The van der Waals surface area contributed by atoms with Crippen molar-refractivity contribution < 1.29 is 4.79 Å². The second-order valence-electron chi connectivity index (χ2n) is 6.44. The van der Waals surface area contributed by atoms with Gasteiger partial charge in [-0.2, -0.15) is 4.99 Å². The minimum Gasteiger partial charge on any atom is -0.369 e. The summed E-state index contributed by atoms with van der Waals surface area (Å²) in [7, 11) is 0. The third-order valence-electron chi connectivity index (χ3n) is 4.73. The van der Waals surface area contributed by atoms with Crippen molar-refractivity contribution >= 4 is 33.7 Å². The highest BCUT2D eigenvalue weighted by atomic mass is 16.1. The third kappa shape index (κ3) is 2.55. The van der Waals surface area contributed by atoms with Gasteiger partial charge in [0.05, 0.1) is 16.8 Å². The molecule has 7 heteroatoms. The fourth-order valence-corrected chi connectivity index (χ4v) is 3.42. The maximum Gasteiger partial charge on any atom is 0.282 e. The second-order valence-corrected chi connectivity index (χ2v) is 6.44. The molecule has 1 N–H and O–H groups in total. The van der Waals surface area contributed by atoms with Gasteiger partial charge in [0.2, 0.25) is 5.62 Å². The monoisotopic (exact) mass is 356 g/mol. The third-order valence-corrected chi connectivity index (χ3v) is 4.73. The molecule has 132 valence electrons. The molecule has 0 saturated carbocycles. The number of fused-ring (bicyclic) bond motifs is 4. The Kier molecular flexibility index (Phi) is 3.46. The summed E-state index contributed by atoms with van der Waals surface area (Å²) < 4.78 is 1.95. The van der Waals surface area contributed by atoms with Gasteiger partial charge in [-0.25, -0.2) is 15.0 Å². The highest BCUT2D eigenvalue weighted by molar-refractivity contribution is 5.99. The van der Waals surface area contributed by atoms with Gasteiger partial charge in [-0.05, 0) is 37.3 Å². The van der Waals surface area contributed by atoms with Crippen LogP contribution < -0.4 is 10.9 Å². The van der Waals surface area contributed by atoms with Gasteiger partial charge in [0.1, 0.15) is 5.82 Å². The van der Waals surface area contributed by atoms with E-state index in [4.69, 9.17) is 0 Å². The maximum atomic E-state index is 12.9. The standard InChI is InChI=1S/C20H16N6O/c1-12-15(11-13-5-4-8-21-17(13)23-12)19(27)25-20-24-16-7-3-2-6-14(16)18-22-9-10-26(18)20/h2-8,11,22H,9-10H2,1H3. The van der Waals surface area contributed by atoms with Gasteiger partial charge in [0, 0.05) is 30.1 Å². The lowest BCUT2D eigenvalue weighted by Gasteiger charge is -2.08. The zero-order valence-corrected chi connectivity index (χ0v) is 14.7. The van der Waals surface area contributed by atoms with Crippen LogP contribution in [0.2, 0.25) is 0 Å². The molecule has 1 aromatic carbocycles. The Bertz CT molecular complexity index is 1290. The largest absolute Gasteiger partial charge is 0.369 e. The lowest BCUT2D eigenvalue weighted by atomic mass is 10.1. The zero-order valence-electron chi connectivity index (χ0n) is 14.7. The molecule has 1 aliphatic heterocycles. The number of para-hydroxylation sites is 1. The van der Waals surface area contributed by atoms with Crippen molar-refractivity contribution in [3.8, 4) is 0 Å². The number of nitrogens with one attached hydrogen (secondary N) is 1. The smallest absolute Gasteiger partial charge is 0.282 e. The fraction of sp³-hybridized carbons (Fsp3) is 0.150. The number of amides is 1.